The van der Waals surface area contributed by atoms with E-state index in [1.54, 1.807) is 37.3 Å². The molecular formula is C11H10N2O2. The number of benzene rings is 1. The molecule has 0 fully saturated rings. The predicted octanol–water partition coefficient (Wildman–Crippen LogP) is 2.25. The maximum atomic E-state index is 9.48. The number of rotatable bonds is 2. The molecule has 0 aliphatic carbocycles. The zero-order valence-corrected chi connectivity index (χ0v) is 8.21. The maximum absolute atomic E-state index is 9.48. The summed E-state index contributed by atoms with van der Waals surface area (Å²) in [5, 5.41) is 13.1. The summed E-state index contributed by atoms with van der Waals surface area (Å²) in [6.07, 6.45) is 3.39. The fraction of sp³-hybridized carbons (Fsp3) is 0.0909. The van der Waals surface area contributed by atoms with Crippen molar-refractivity contribution in [1.82, 2.24) is 10.1 Å². The molecule has 0 saturated heterocycles. The number of aromatic nitrogens is 2. The molecule has 4 heteroatoms. The van der Waals surface area contributed by atoms with Crippen LogP contribution >= 0.6 is 0 Å². The molecule has 0 bridgehead atoms. The Bertz CT molecular complexity index is 489. The number of hydrogen-bond donors (Lipinski definition) is 1. The summed E-state index contributed by atoms with van der Waals surface area (Å²) >= 11 is 0. The fourth-order valence-electron chi connectivity index (χ4n) is 1.17. The molecule has 0 atom stereocenters. The number of para-hydroxylation sites is 1. The zero-order chi connectivity index (χ0) is 10.7. The van der Waals surface area contributed by atoms with Gasteiger partial charge in [0.15, 0.2) is 5.82 Å². The van der Waals surface area contributed by atoms with E-state index in [2.05, 4.69) is 10.1 Å². The van der Waals surface area contributed by atoms with Gasteiger partial charge in [-0.25, -0.2) is 0 Å². The van der Waals surface area contributed by atoms with Crippen LogP contribution in [0.15, 0.2) is 28.8 Å². The third kappa shape index (κ3) is 2.22. The summed E-state index contributed by atoms with van der Waals surface area (Å²) in [4.78, 5) is 4.01. The number of hydrogen-bond acceptors (Lipinski definition) is 4. The normalized spacial score (nSPS) is 11.0. The minimum Gasteiger partial charge on any atom is -0.507 e. The van der Waals surface area contributed by atoms with Crippen LogP contribution in [0.2, 0.25) is 0 Å². The summed E-state index contributed by atoms with van der Waals surface area (Å²) in [5.41, 5.74) is 0.716. The van der Waals surface area contributed by atoms with Crippen LogP contribution in [0.4, 0.5) is 0 Å². The Kier molecular flexibility index (Phi) is 2.49. The number of nitrogens with zero attached hydrogens (tertiary/aromatic N) is 2. The van der Waals surface area contributed by atoms with Gasteiger partial charge in [-0.3, -0.25) is 0 Å². The van der Waals surface area contributed by atoms with Gasteiger partial charge >= 0.3 is 0 Å². The molecule has 1 N–H and O–H groups in total. The van der Waals surface area contributed by atoms with E-state index in [0.717, 1.165) is 0 Å². The third-order valence-corrected chi connectivity index (χ3v) is 1.89. The van der Waals surface area contributed by atoms with Crippen LogP contribution in [-0.2, 0) is 0 Å². The van der Waals surface area contributed by atoms with Crippen molar-refractivity contribution in [2.45, 2.75) is 6.92 Å². The summed E-state index contributed by atoms with van der Waals surface area (Å²) in [6.45, 7) is 1.75. The standard InChI is InChI=1S/C11H10N2O2/c1-8-12-11(15-13-8)7-6-9-4-2-3-5-10(9)14/h2-7,14H,1H3/b7-6+. The average Bonchev–Trinajstić information content (AvgIpc) is 2.63. The van der Waals surface area contributed by atoms with Gasteiger partial charge < -0.3 is 9.63 Å². The van der Waals surface area contributed by atoms with Gasteiger partial charge in [0.2, 0.25) is 0 Å². The van der Waals surface area contributed by atoms with Crippen LogP contribution in [0.1, 0.15) is 17.3 Å². The lowest BCUT2D eigenvalue weighted by Crippen LogP contribution is -1.74. The van der Waals surface area contributed by atoms with Gasteiger partial charge in [0.25, 0.3) is 5.89 Å². The van der Waals surface area contributed by atoms with Crippen LogP contribution in [0.5, 0.6) is 5.75 Å². The molecule has 0 saturated carbocycles. The fourth-order valence-corrected chi connectivity index (χ4v) is 1.17. The van der Waals surface area contributed by atoms with Crippen molar-refractivity contribution in [3.63, 3.8) is 0 Å². The number of aromatic hydroxyl groups is 1. The molecule has 2 rings (SSSR count). The maximum Gasteiger partial charge on any atom is 0.250 e. The molecule has 15 heavy (non-hydrogen) atoms. The zero-order valence-electron chi connectivity index (χ0n) is 8.21. The van der Waals surface area contributed by atoms with E-state index in [4.69, 9.17) is 4.52 Å². The van der Waals surface area contributed by atoms with Crippen LogP contribution in [-0.4, -0.2) is 15.2 Å². The minimum atomic E-state index is 0.227. The molecule has 2 aromatic rings. The molecule has 4 nitrogen and oxygen atoms in total. The molecule has 0 amide bonds. The van der Waals surface area contributed by atoms with Crippen LogP contribution < -0.4 is 0 Å². The van der Waals surface area contributed by atoms with Crippen LogP contribution in [0.25, 0.3) is 12.2 Å². The lowest BCUT2D eigenvalue weighted by Gasteiger charge is -1.95. The van der Waals surface area contributed by atoms with Crippen molar-refractivity contribution in [3.05, 3.63) is 41.5 Å². The Labute approximate surface area is 86.9 Å². The molecular weight excluding hydrogens is 192 g/mol. The summed E-state index contributed by atoms with van der Waals surface area (Å²) in [5.74, 6) is 1.24. The highest BCUT2D eigenvalue weighted by Crippen LogP contribution is 2.18. The smallest absolute Gasteiger partial charge is 0.250 e. The number of aryl methyl sites for hydroxylation is 1. The minimum absolute atomic E-state index is 0.227. The first kappa shape index (κ1) is 9.45. The topological polar surface area (TPSA) is 59.2 Å². The second-order valence-electron chi connectivity index (χ2n) is 3.07. The van der Waals surface area contributed by atoms with E-state index in [0.29, 0.717) is 17.3 Å². The van der Waals surface area contributed by atoms with Gasteiger partial charge in [0.1, 0.15) is 5.75 Å². The molecule has 0 aliphatic heterocycles. The second kappa shape index (κ2) is 3.96. The second-order valence-corrected chi connectivity index (χ2v) is 3.07. The van der Waals surface area contributed by atoms with Crippen molar-refractivity contribution < 1.29 is 9.63 Å². The van der Waals surface area contributed by atoms with Gasteiger partial charge in [-0.2, -0.15) is 4.98 Å². The van der Waals surface area contributed by atoms with E-state index >= 15 is 0 Å². The molecule has 1 aromatic heterocycles. The Morgan fingerprint density at radius 2 is 2.07 bits per heavy atom. The first-order chi connectivity index (χ1) is 7.25. The molecule has 76 valence electrons. The van der Waals surface area contributed by atoms with E-state index < -0.39 is 0 Å². The SMILES string of the molecule is Cc1noc(/C=C/c2ccccc2O)n1. The van der Waals surface area contributed by atoms with E-state index in [-0.39, 0.29) is 5.75 Å². The molecule has 1 heterocycles. The lowest BCUT2D eigenvalue weighted by molar-refractivity contribution is 0.405. The summed E-state index contributed by atoms with van der Waals surface area (Å²) in [7, 11) is 0. The van der Waals surface area contributed by atoms with E-state index in [9.17, 15) is 5.11 Å². The highest BCUT2D eigenvalue weighted by molar-refractivity contribution is 5.69. The van der Waals surface area contributed by atoms with Crippen molar-refractivity contribution in [2.75, 3.05) is 0 Å². The van der Waals surface area contributed by atoms with E-state index in [1.807, 2.05) is 6.07 Å². The Balaban J connectivity index is 2.22. The average molecular weight is 202 g/mol. The Morgan fingerprint density at radius 1 is 1.27 bits per heavy atom. The highest BCUT2D eigenvalue weighted by Gasteiger charge is 1.98. The molecule has 0 radical (unpaired) electrons. The number of phenolic OH excluding ortho intramolecular Hbond substituents is 1. The van der Waals surface area contributed by atoms with Crippen LogP contribution in [0.3, 0.4) is 0 Å². The summed E-state index contributed by atoms with van der Waals surface area (Å²) in [6, 6.07) is 7.04. The van der Waals surface area contributed by atoms with Crippen molar-refractivity contribution >= 4 is 12.2 Å². The van der Waals surface area contributed by atoms with Gasteiger partial charge in [-0.1, -0.05) is 23.4 Å². The molecule has 0 unspecified atom stereocenters. The van der Waals surface area contributed by atoms with Gasteiger partial charge in [-0.15, -0.1) is 0 Å². The van der Waals surface area contributed by atoms with E-state index in [1.165, 1.54) is 0 Å². The van der Waals surface area contributed by atoms with Crippen molar-refractivity contribution in [2.24, 2.45) is 0 Å². The van der Waals surface area contributed by atoms with Gasteiger partial charge in [0, 0.05) is 11.6 Å². The lowest BCUT2D eigenvalue weighted by atomic mass is 10.2. The van der Waals surface area contributed by atoms with Gasteiger partial charge in [0.05, 0.1) is 0 Å². The summed E-state index contributed by atoms with van der Waals surface area (Å²) < 4.78 is 4.90. The first-order valence-electron chi connectivity index (χ1n) is 4.52. The van der Waals surface area contributed by atoms with Crippen molar-refractivity contribution in [3.8, 4) is 5.75 Å². The number of phenols is 1. The quantitative estimate of drug-likeness (QED) is 0.811. The van der Waals surface area contributed by atoms with Crippen LogP contribution in [0, 0.1) is 6.92 Å². The highest BCUT2D eigenvalue weighted by atomic mass is 16.5. The molecule has 0 aliphatic rings. The Morgan fingerprint density at radius 3 is 2.73 bits per heavy atom. The van der Waals surface area contributed by atoms with Gasteiger partial charge in [-0.05, 0) is 19.1 Å². The Hall–Kier alpha value is -2.10. The first-order valence-corrected chi connectivity index (χ1v) is 4.52. The molecule has 1 aromatic carbocycles. The largest absolute Gasteiger partial charge is 0.507 e. The predicted molar refractivity (Wildman–Crippen MR) is 56.1 cm³/mol. The van der Waals surface area contributed by atoms with Crippen molar-refractivity contribution in [1.29, 1.82) is 0 Å². The third-order valence-electron chi connectivity index (χ3n) is 1.89. The molecule has 0 spiro atoms. The monoisotopic (exact) mass is 202 g/mol.